The third kappa shape index (κ3) is 3.18. The molecule has 6 nitrogen and oxygen atoms in total. The van der Waals surface area contributed by atoms with Crippen LogP contribution in [-0.2, 0) is 31.4 Å². The summed E-state index contributed by atoms with van der Waals surface area (Å²) < 4.78 is 7.41. The van der Waals surface area contributed by atoms with Gasteiger partial charge in [0, 0.05) is 31.6 Å². The number of aryl methyl sites for hydroxylation is 1. The quantitative estimate of drug-likeness (QED) is 0.898. The summed E-state index contributed by atoms with van der Waals surface area (Å²) in [5.74, 6) is -0.143. The van der Waals surface area contributed by atoms with E-state index in [0.717, 1.165) is 35.7 Å². The van der Waals surface area contributed by atoms with Gasteiger partial charge in [-0.3, -0.25) is 9.48 Å². The van der Waals surface area contributed by atoms with Crippen LogP contribution in [-0.4, -0.2) is 29.3 Å². The van der Waals surface area contributed by atoms with Crippen LogP contribution >= 0.6 is 11.6 Å². The predicted octanol–water partition coefficient (Wildman–Crippen LogP) is 2.12. The van der Waals surface area contributed by atoms with Crippen LogP contribution in [0.2, 0.25) is 5.02 Å². The Morgan fingerprint density at radius 1 is 1.48 bits per heavy atom. The van der Waals surface area contributed by atoms with E-state index in [1.807, 2.05) is 11.7 Å². The van der Waals surface area contributed by atoms with Crippen molar-refractivity contribution in [3.05, 3.63) is 45.7 Å². The van der Waals surface area contributed by atoms with Gasteiger partial charge in [0.2, 0.25) is 0 Å². The first-order valence-corrected chi connectivity index (χ1v) is 7.85. The Kier molecular flexibility index (Phi) is 4.54. The number of aromatic nitrogens is 2. The molecule has 1 aromatic heterocycles. The summed E-state index contributed by atoms with van der Waals surface area (Å²) in [6.45, 7) is 1.88. The minimum absolute atomic E-state index is 0.143. The lowest BCUT2D eigenvalue weighted by atomic mass is 10.1. The first kappa shape index (κ1) is 15.8. The Balaban J connectivity index is 1.81. The molecule has 2 N–H and O–H groups in total. The largest absolute Gasteiger partial charge is 0.378 e. The van der Waals surface area contributed by atoms with Gasteiger partial charge in [-0.2, -0.15) is 5.10 Å². The Morgan fingerprint density at radius 2 is 2.30 bits per heavy atom. The third-order valence-electron chi connectivity index (χ3n) is 3.99. The number of rotatable bonds is 4. The van der Waals surface area contributed by atoms with E-state index < -0.39 is 0 Å². The van der Waals surface area contributed by atoms with Crippen molar-refractivity contribution in [3.8, 4) is 0 Å². The second-order valence-corrected chi connectivity index (χ2v) is 5.83. The molecule has 2 heterocycles. The Hall–Kier alpha value is -2.05. The molecule has 0 unspecified atom stereocenters. The lowest BCUT2D eigenvalue weighted by molar-refractivity contribution is 0.0963. The second kappa shape index (κ2) is 6.60. The number of nitrogens with zero attached hydrogens (tertiary/aromatic N) is 2. The Bertz CT molecular complexity index is 742. The first-order valence-electron chi connectivity index (χ1n) is 7.47. The zero-order chi connectivity index (χ0) is 16.4. The molecule has 1 aliphatic rings. The van der Waals surface area contributed by atoms with Gasteiger partial charge in [-0.05, 0) is 18.2 Å². The van der Waals surface area contributed by atoms with Crippen molar-refractivity contribution < 1.29 is 9.53 Å². The number of fused-ring (bicyclic) bond motifs is 1. The molecule has 0 spiro atoms. The van der Waals surface area contributed by atoms with Gasteiger partial charge in [-0.15, -0.1) is 0 Å². The number of benzene rings is 1. The van der Waals surface area contributed by atoms with Gasteiger partial charge >= 0.3 is 0 Å². The Labute approximate surface area is 139 Å². The van der Waals surface area contributed by atoms with Crippen LogP contribution in [0.15, 0.2) is 18.2 Å². The molecule has 3 rings (SSSR count). The van der Waals surface area contributed by atoms with Crippen LogP contribution in [0, 0.1) is 0 Å². The van der Waals surface area contributed by atoms with E-state index in [4.69, 9.17) is 16.3 Å². The van der Waals surface area contributed by atoms with Gasteiger partial charge < -0.3 is 15.4 Å². The molecule has 1 aliphatic heterocycles. The second-order valence-electron chi connectivity index (χ2n) is 5.43. The van der Waals surface area contributed by atoms with E-state index in [9.17, 15) is 4.79 Å². The molecule has 7 heteroatoms. The molecule has 2 aromatic rings. The lowest BCUT2D eigenvalue weighted by Crippen LogP contribution is -2.18. The van der Waals surface area contributed by atoms with Gasteiger partial charge in [0.1, 0.15) is 0 Å². The smallest absolute Gasteiger partial charge is 0.251 e. The molecular formula is C16H19ClN4O2. The summed E-state index contributed by atoms with van der Waals surface area (Å²) >= 11 is 6.23. The zero-order valence-electron chi connectivity index (χ0n) is 13.1. The van der Waals surface area contributed by atoms with E-state index in [-0.39, 0.29) is 5.91 Å². The average Bonchev–Trinajstić information content (AvgIpc) is 2.88. The number of carbonyl (C=O) groups excluding carboxylic acids is 1. The van der Waals surface area contributed by atoms with Crippen molar-refractivity contribution in [3.63, 3.8) is 0 Å². The highest BCUT2D eigenvalue weighted by Gasteiger charge is 2.19. The maximum atomic E-state index is 11.7. The van der Waals surface area contributed by atoms with Crippen LogP contribution in [0.25, 0.3) is 0 Å². The van der Waals surface area contributed by atoms with Gasteiger partial charge in [-0.1, -0.05) is 11.6 Å². The fourth-order valence-electron chi connectivity index (χ4n) is 2.72. The molecule has 23 heavy (non-hydrogen) atoms. The SMILES string of the molecule is CNC(=O)c1ccc(Cl)c(NCc2c3c(nn2C)CCOC3)c1. The van der Waals surface area contributed by atoms with Gasteiger partial charge in [0.25, 0.3) is 5.91 Å². The maximum absolute atomic E-state index is 11.7. The number of amides is 1. The summed E-state index contributed by atoms with van der Waals surface area (Å²) in [7, 11) is 3.53. The fraction of sp³-hybridized carbons (Fsp3) is 0.375. The van der Waals surface area contributed by atoms with Crippen molar-refractivity contribution in [2.45, 2.75) is 19.6 Å². The molecule has 0 fully saturated rings. The molecule has 0 aliphatic carbocycles. The summed E-state index contributed by atoms with van der Waals surface area (Å²) in [6.07, 6.45) is 0.843. The van der Waals surface area contributed by atoms with Gasteiger partial charge in [0.15, 0.2) is 0 Å². The standard InChI is InChI=1S/C16H19ClN4O2/c1-18-16(22)10-3-4-12(17)14(7-10)19-8-15-11-9-23-6-5-13(11)20-21(15)2/h3-4,7,19H,5-6,8-9H2,1-2H3,(H,18,22). The van der Waals surface area contributed by atoms with E-state index in [0.29, 0.717) is 23.7 Å². The first-order chi connectivity index (χ1) is 11.1. The van der Waals surface area contributed by atoms with E-state index >= 15 is 0 Å². The van der Waals surface area contributed by atoms with E-state index in [1.54, 1.807) is 25.2 Å². The minimum Gasteiger partial charge on any atom is -0.378 e. The maximum Gasteiger partial charge on any atom is 0.251 e. The van der Waals surface area contributed by atoms with E-state index in [1.165, 1.54) is 0 Å². The molecule has 0 saturated carbocycles. The molecule has 122 valence electrons. The predicted molar refractivity (Wildman–Crippen MR) is 88.7 cm³/mol. The van der Waals surface area contributed by atoms with Crippen molar-refractivity contribution in [2.75, 3.05) is 19.0 Å². The van der Waals surface area contributed by atoms with Crippen LogP contribution in [0.4, 0.5) is 5.69 Å². The number of hydrogen-bond donors (Lipinski definition) is 2. The van der Waals surface area contributed by atoms with Crippen LogP contribution in [0.3, 0.4) is 0 Å². The minimum atomic E-state index is -0.143. The normalized spacial score (nSPS) is 13.5. The number of halogens is 1. The molecule has 0 atom stereocenters. The van der Waals surface area contributed by atoms with Crippen molar-refractivity contribution in [1.29, 1.82) is 0 Å². The van der Waals surface area contributed by atoms with Gasteiger partial charge in [0.05, 0.1) is 41.9 Å². The molecular weight excluding hydrogens is 316 g/mol. The monoisotopic (exact) mass is 334 g/mol. The zero-order valence-corrected chi connectivity index (χ0v) is 13.9. The summed E-state index contributed by atoms with van der Waals surface area (Å²) in [5, 5.41) is 11.0. The highest BCUT2D eigenvalue weighted by atomic mass is 35.5. The number of carbonyl (C=O) groups is 1. The number of ether oxygens (including phenoxy) is 1. The van der Waals surface area contributed by atoms with Crippen molar-refractivity contribution >= 4 is 23.2 Å². The van der Waals surface area contributed by atoms with Crippen LogP contribution < -0.4 is 10.6 Å². The molecule has 0 saturated heterocycles. The Morgan fingerprint density at radius 3 is 3.09 bits per heavy atom. The van der Waals surface area contributed by atoms with Crippen LogP contribution in [0.5, 0.6) is 0 Å². The number of hydrogen-bond acceptors (Lipinski definition) is 4. The van der Waals surface area contributed by atoms with Crippen molar-refractivity contribution in [2.24, 2.45) is 7.05 Å². The average molecular weight is 335 g/mol. The highest BCUT2D eigenvalue weighted by molar-refractivity contribution is 6.33. The lowest BCUT2D eigenvalue weighted by Gasteiger charge is -2.14. The van der Waals surface area contributed by atoms with E-state index in [2.05, 4.69) is 15.7 Å². The molecule has 0 bridgehead atoms. The highest BCUT2D eigenvalue weighted by Crippen LogP contribution is 2.25. The van der Waals surface area contributed by atoms with Crippen LogP contribution in [0.1, 0.15) is 27.3 Å². The number of nitrogens with one attached hydrogen (secondary N) is 2. The topological polar surface area (TPSA) is 68.2 Å². The third-order valence-corrected chi connectivity index (χ3v) is 4.32. The fourth-order valence-corrected chi connectivity index (χ4v) is 2.90. The summed E-state index contributed by atoms with van der Waals surface area (Å²) in [5.41, 5.74) is 4.60. The molecule has 0 radical (unpaired) electrons. The van der Waals surface area contributed by atoms with Gasteiger partial charge in [-0.25, -0.2) is 0 Å². The molecule has 1 aromatic carbocycles. The summed E-state index contributed by atoms with van der Waals surface area (Å²) in [6, 6.07) is 5.17. The molecule has 1 amide bonds. The number of anilines is 1. The summed E-state index contributed by atoms with van der Waals surface area (Å²) in [4.78, 5) is 11.7. The van der Waals surface area contributed by atoms with Crippen molar-refractivity contribution in [1.82, 2.24) is 15.1 Å².